The second-order valence-electron chi connectivity index (χ2n) is 5.27. The minimum atomic E-state index is -0.138. The zero-order valence-corrected chi connectivity index (χ0v) is 11.7. The van der Waals surface area contributed by atoms with Gasteiger partial charge in [-0.25, -0.2) is 9.67 Å². The highest BCUT2D eigenvalue weighted by Crippen LogP contribution is 2.17. The maximum atomic E-state index is 12.4. The molecule has 0 spiro atoms. The van der Waals surface area contributed by atoms with Crippen LogP contribution in [0.5, 0.6) is 0 Å². The molecule has 6 nitrogen and oxygen atoms in total. The summed E-state index contributed by atoms with van der Waals surface area (Å²) in [7, 11) is 0. The van der Waals surface area contributed by atoms with Gasteiger partial charge in [0.15, 0.2) is 0 Å². The summed E-state index contributed by atoms with van der Waals surface area (Å²) in [6, 6.07) is 9.58. The Kier molecular flexibility index (Phi) is 3.96. The summed E-state index contributed by atoms with van der Waals surface area (Å²) >= 11 is 0. The van der Waals surface area contributed by atoms with Crippen molar-refractivity contribution < 1.29 is 9.90 Å². The maximum Gasteiger partial charge on any atom is 0.293 e. The van der Waals surface area contributed by atoms with Gasteiger partial charge in [0.1, 0.15) is 6.33 Å². The maximum absolute atomic E-state index is 12.4. The molecule has 21 heavy (non-hydrogen) atoms. The molecular weight excluding hydrogens is 268 g/mol. The van der Waals surface area contributed by atoms with Crippen molar-refractivity contribution in [1.82, 2.24) is 19.7 Å². The Morgan fingerprint density at radius 1 is 1.24 bits per heavy atom. The summed E-state index contributed by atoms with van der Waals surface area (Å²) < 4.78 is 1.60. The number of carbonyl (C=O) groups is 1. The summed E-state index contributed by atoms with van der Waals surface area (Å²) in [5.74, 6) is 0.395. The number of aliphatic hydroxyl groups is 1. The van der Waals surface area contributed by atoms with Gasteiger partial charge in [-0.2, -0.15) is 0 Å². The largest absolute Gasteiger partial charge is 0.396 e. The highest BCUT2D eigenvalue weighted by Gasteiger charge is 2.25. The van der Waals surface area contributed by atoms with Crippen LogP contribution in [0.3, 0.4) is 0 Å². The number of carbonyl (C=O) groups excluding carboxylic acids is 1. The van der Waals surface area contributed by atoms with E-state index in [-0.39, 0.29) is 18.3 Å². The quantitative estimate of drug-likeness (QED) is 0.917. The van der Waals surface area contributed by atoms with Crippen molar-refractivity contribution in [3.63, 3.8) is 0 Å². The second kappa shape index (κ2) is 6.05. The summed E-state index contributed by atoms with van der Waals surface area (Å²) in [4.78, 5) is 18.2. The number of aromatic nitrogens is 3. The fourth-order valence-electron chi connectivity index (χ4n) is 2.53. The Balaban J connectivity index is 1.70. The van der Waals surface area contributed by atoms with Gasteiger partial charge in [-0.05, 0) is 30.9 Å². The molecule has 6 heteroatoms. The minimum absolute atomic E-state index is 0.138. The number of aliphatic hydroxyl groups excluding tert-OH is 1. The number of para-hydroxylation sites is 1. The van der Waals surface area contributed by atoms with Gasteiger partial charge in [0.25, 0.3) is 5.91 Å². The molecule has 110 valence electrons. The molecule has 1 fully saturated rings. The van der Waals surface area contributed by atoms with Crippen LogP contribution in [0.15, 0.2) is 36.7 Å². The molecule has 2 heterocycles. The van der Waals surface area contributed by atoms with E-state index in [1.54, 1.807) is 15.9 Å². The summed E-state index contributed by atoms with van der Waals surface area (Å²) in [5.41, 5.74) is 0.878. The molecule has 1 aromatic carbocycles. The summed E-state index contributed by atoms with van der Waals surface area (Å²) in [6.45, 7) is 1.51. The Labute approximate surface area is 123 Å². The van der Waals surface area contributed by atoms with Crippen LogP contribution in [0.2, 0.25) is 0 Å². The summed E-state index contributed by atoms with van der Waals surface area (Å²) in [5, 5.41) is 13.4. The molecule has 1 aromatic heterocycles. The molecule has 1 aliphatic heterocycles. The van der Waals surface area contributed by atoms with Crippen LogP contribution >= 0.6 is 0 Å². The molecule has 0 atom stereocenters. The lowest BCUT2D eigenvalue weighted by atomic mass is 9.98. The number of hydrogen-bond donors (Lipinski definition) is 1. The fraction of sp³-hybridized carbons (Fsp3) is 0.400. The standard InChI is InChI=1S/C15H18N4O2/c20-10-12-6-8-18(9-7-12)15(21)14-16-11-19(17-14)13-4-2-1-3-5-13/h1-5,11-12,20H,6-10H2. The van der Waals surface area contributed by atoms with Crippen molar-refractivity contribution >= 4 is 5.91 Å². The van der Waals surface area contributed by atoms with Crippen LogP contribution in [0.1, 0.15) is 23.5 Å². The van der Waals surface area contributed by atoms with E-state index in [1.807, 2.05) is 30.3 Å². The summed E-state index contributed by atoms with van der Waals surface area (Å²) in [6.07, 6.45) is 3.23. The van der Waals surface area contributed by atoms with Gasteiger partial charge >= 0.3 is 0 Å². The van der Waals surface area contributed by atoms with E-state index in [0.717, 1.165) is 18.5 Å². The molecule has 1 saturated heterocycles. The zero-order valence-electron chi connectivity index (χ0n) is 11.7. The topological polar surface area (TPSA) is 71.2 Å². The first-order valence-electron chi connectivity index (χ1n) is 7.15. The number of benzene rings is 1. The SMILES string of the molecule is O=C(c1ncn(-c2ccccc2)n1)N1CCC(CO)CC1. The zero-order chi connectivity index (χ0) is 14.7. The van der Waals surface area contributed by atoms with Crippen molar-refractivity contribution in [3.8, 4) is 5.69 Å². The van der Waals surface area contributed by atoms with E-state index in [2.05, 4.69) is 10.1 Å². The Bertz CT molecular complexity index is 603. The number of amides is 1. The van der Waals surface area contributed by atoms with Gasteiger partial charge < -0.3 is 10.0 Å². The van der Waals surface area contributed by atoms with Crippen molar-refractivity contribution in [3.05, 3.63) is 42.5 Å². The number of likely N-dealkylation sites (tertiary alicyclic amines) is 1. The third-order valence-corrected chi connectivity index (χ3v) is 3.86. The minimum Gasteiger partial charge on any atom is -0.396 e. The number of piperidine rings is 1. The van der Waals surface area contributed by atoms with Gasteiger partial charge in [-0.3, -0.25) is 4.79 Å². The monoisotopic (exact) mass is 286 g/mol. The Morgan fingerprint density at radius 3 is 2.62 bits per heavy atom. The molecule has 1 N–H and O–H groups in total. The highest BCUT2D eigenvalue weighted by atomic mass is 16.3. The first-order valence-corrected chi connectivity index (χ1v) is 7.15. The van der Waals surface area contributed by atoms with Crippen molar-refractivity contribution in [2.45, 2.75) is 12.8 Å². The lowest BCUT2D eigenvalue weighted by molar-refractivity contribution is 0.0639. The molecule has 0 radical (unpaired) electrons. The van der Waals surface area contributed by atoms with Crippen LogP contribution in [-0.4, -0.2) is 50.4 Å². The molecule has 3 rings (SSSR count). The van der Waals surface area contributed by atoms with Gasteiger partial charge in [0.05, 0.1) is 5.69 Å². The van der Waals surface area contributed by atoms with Gasteiger partial charge in [0, 0.05) is 19.7 Å². The average molecular weight is 286 g/mol. The number of rotatable bonds is 3. The van der Waals surface area contributed by atoms with Crippen molar-refractivity contribution in [2.75, 3.05) is 19.7 Å². The third-order valence-electron chi connectivity index (χ3n) is 3.86. The Hall–Kier alpha value is -2.21. The van der Waals surface area contributed by atoms with Gasteiger partial charge in [-0.15, -0.1) is 5.10 Å². The lowest BCUT2D eigenvalue weighted by Crippen LogP contribution is -2.39. The van der Waals surface area contributed by atoms with E-state index in [1.165, 1.54) is 0 Å². The molecular formula is C15H18N4O2. The molecule has 2 aromatic rings. The third kappa shape index (κ3) is 2.95. The predicted molar refractivity (Wildman–Crippen MR) is 77.1 cm³/mol. The van der Waals surface area contributed by atoms with Gasteiger partial charge in [0.2, 0.25) is 5.82 Å². The fourth-order valence-corrected chi connectivity index (χ4v) is 2.53. The molecule has 0 bridgehead atoms. The lowest BCUT2D eigenvalue weighted by Gasteiger charge is -2.30. The number of hydrogen-bond acceptors (Lipinski definition) is 4. The van der Waals surface area contributed by atoms with E-state index in [9.17, 15) is 4.79 Å². The first kappa shape index (κ1) is 13.8. The highest BCUT2D eigenvalue weighted by molar-refractivity contribution is 5.90. The molecule has 0 aliphatic carbocycles. The van der Waals surface area contributed by atoms with Crippen molar-refractivity contribution in [2.24, 2.45) is 5.92 Å². The van der Waals surface area contributed by atoms with Crippen LogP contribution in [0.4, 0.5) is 0 Å². The van der Waals surface area contributed by atoms with Crippen molar-refractivity contribution in [1.29, 1.82) is 0 Å². The smallest absolute Gasteiger partial charge is 0.293 e. The molecule has 1 amide bonds. The normalized spacial score (nSPS) is 16.1. The Morgan fingerprint density at radius 2 is 1.95 bits per heavy atom. The van der Waals surface area contributed by atoms with E-state index < -0.39 is 0 Å². The first-order chi connectivity index (χ1) is 10.3. The van der Waals surface area contributed by atoms with E-state index in [0.29, 0.717) is 19.0 Å². The molecule has 0 saturated carbocycles. The molecule has 1 aliphatic rings. The van der Waals surface area contributed by atoms with E-state index >= 15 is 0 Å². The predicted octanol–water partition coefficient (Wildman–Crippen LogP) is 1.11. The second-order valence-corrected chi connectivity index (χ2v) is 5.27. The molecule has 0 unspecified atom stereocenters. The van der Waals surface area contributed by atoms with E-state index in [4.69, 9.17) is 5.11 Å². The van der Waals surface area contributed by atoms with Crippen LogP contribution in [0.25, 0.3) is 5.69 Å². The van der Waals surface area contributed by atoms with Crippen LogP contribution in [-0.2, 0) is 0 Å². The number of nitrogens with zero attached hydrogens (tertiary/aromatic N) is 4. The van der Waals surface area contributed by atoms with Crippen LogP contribution < -0.4 is 0 Å². The van der Waals surface area contributed by atoms with Gasteiger partial charge in [-0.1, -0.05) is 18.2 Å². The van der Waals surface area contributed by atoms with Crippen LogP contribution in [0, 0.1) is 5.92 Å². The average Bonchev–Trinajstić information content (AvgIpc) is 3.05.